The lowest BCUT2D eigenvalue weighted by Crippen LogP contribution is -2.49. The van der Waals surface area contributed by atoms with Crippen LogP contribution in [-0.4, -0.2) is 50.6 Å². The second kappa shape index (κ2) is 5.79. The van der Waals surface area contributed by atoms with E-state index < -0.39 is 39.0 Å². The highest BCUT2D eigenvalue weighted by atomic mass is 32.2. The number of sulfone groups is 1. The Bertz CT molecular complexity index is 365. The number of hydrogen-bond donors (Lipinski definition) is 1. The zero-order valence-corrected chi connectivity index (χ0v) is 11.8. The maximum absolute atomic E-state index is 12.7. The van der Waals surface area contributed by atoms with Crippen molar-refractivity contribution in [3.05, 3.63) is 0 Å². The van der Waals surface area contributed by atoms with Crippen LogP contribution in [0, 0.1) is 0 Å². The Kier molecular flexibility index (Phi) is 5.08. The fraction of sp³-hybridized carbons (Fsp3) is 1.00. The minimum atomic E-state index is -3.22. The summed E-state index contributed by atoms with van der Waals surface area (Å²) in [5, 5.41) is 1.92. The fourth-order valence-corrected chi connectivity index (χ4v) is 3.49. The molecule has 2 unspecified atom stereocenters. The zero-order chi connectivity index (χ0) is 14.0. The number of ether oxygens (including phenoxy) is 1. The first-order valence-corrected chi connectivity index (χ1v) is 7.66. The van der Waals surface area contributed by atoms with E-state index in [9.17, 15) is 17.2 Å². The van der Waals surface area contributed by atoms with Crippen molar-refractivity contribution >= 4 is 9.84 Å². The van der Waals surface area contributed by atoms with Gasteiger partial charge in [0.05, 0.1) is 16.6 Å². The molecule has 0 amide bonds. The standard InChI is InChI=1S/C11H21F2NO3S/c1-8(2)18(15,16)10-4-9(5-14-6-10)17-7-11(3,12)13/h8-10,14H,4-7H2,1-3H3. The van der Waals surface area contributed by atoms with E-state index in [1.165, 1.54) is 0 Å². The van der Waals surface area contributed by atoms with Gasteiger partial charge in [-0.1, -0.05) is 0 Å². The number of nitrogens with one attached hydrogen (secondary N) is 1. The third-order valence-corrected chi connectivity index (χ3v) is 5.57. The predicted molar refractivity (Wildman–Crippen MR) is 65.7 cm³/mol. The number of rotatable bonds is 5. The minimum Gasteiger partial charge on any atom is -0.371 e. The van der Waals surface area contributed by atoms with Crippen molar-refractivity contribution in [3.63, 3.8) is 0 Å². The van der Waals surface area contributed by atoms with Crippen molar-refractivity contribution in [1.82, 2.24) is 5.32 Å². The molecule has 2 atom stereocenters. The van der Waals surface area contributed by atoms with E-state index in [1.807, 2.05) is 0 Å². The highest BCUT2D eigenvalue weighted by molar-refractivity contribution is 7.92. The van der Waals surface area contributed by atoms with Crippen LogP contribution in [0.4, 0.5) is 8.78 Å². The van der Waals surface area contributed by atoms with E-state index in [1.54, 1.807) is 13.8 Å². The van der Waals surface area contributed by atoms with Gasteiger partial charge in [-0.15, -0.1) is 0 Å². The highest BCUT2D eigenvalue weighted by Gasteiger charge is 2.35. The molecule has 1 rings (SSSR count). The van der Waals surface area contributed by atoms with E-state index in [2.05, 4.69) is 5.32 Å². The lowest BCUT2D eigenvalue weighted by molar-refractivity contribution is -0.0904. The molecule has 0 spiro atoms. The SMILES string of the molecule is CC(C)S(=O)(=O)C1CNCC(OCC(C)(F)F)C1. The summed E-state index contributed by atoms with van der Waals surface area (Å²) in [6, 6.07) is 0. The number of halogens is 2. The fourth-order valence-electron chi connectivity index (χ4n) is 1.89. The Morgan fingerprint density at radius 3 is 2.50 bits per heavy atom. The van der Waals surface area contributed by atoms with Crippen LogP contribution in [0.5, 0.6) is 0 Å². The van der Waals surface area contributed by atoms with Gasteiger partial charge < -0.3 is 10.1 Å². The van der Waals surface area contributed by atoms with E-state index in [0.717, 1.165) is 6.92 Å². The zero-order valence-electron chi connectivity index (χ0n) is 10.9. The Morgan fingerprint density at radius 2 is 2.00 bits per heavy atom. The molecule has 18 heavy (non-hydrogen) atoms. The molecule has 1 aliphatic rings. The average molecular weight is 285 g/mol. The van der Waals surface area contributed by atoms with Gasteiger partial charge in [-0.05, 0) is 20.3 Å². The first kappa shape index (κ1) is 15.8. The third-order valence-electron chi connectivity index (χ3n) is 2.96. The molecule has 1 heterocycles. The lowest BCUT2D eigenvalue weighted by atomic mass is 10.1. The lowest BCUT2D eigenvalue weighted by Gasteiger charge is -2.31. The van der Waals surface area contributed by atoms with E-state index in [0.29, 0.717) is 13.1 Å². The molecule has 0 saturated carbocycles. The highest BCUT2D eigenvalue weighted by Crippen LogP contribution is 2.20. The van der Waals surface area contributed by atoms with Crippen LogP contribution in [0.3, 0.4) is 0 Å². The molecular formula is C11H21F2NO3S. The molecule has 0 aromatic carbocycles. The van der Waals surface area contributed by atoms with Gasteiger partial charge >= 0.3 is 0 Å². The maximum atomic E-state index is 12.7. The molecule has 0 radical (unpaired) electrons. The van der Waals surface area contributed by atoms with Crippen LogP contribution < -0.4 is 5.32 Å². The predicted octanol–water partition coefficient (Wildman–Crippen LogP) is 1.21. The molecule has 7 heteroatoms. The molecule has 108 valence electrons. The largest absolute Gasteiger partial charge is 0.371 e. The van der Waals surface area contributed by atoms with Crippen molar-refractivity contribution in [2.24, 2.45) is 0 Å². The van der Waals surface area contributed by atoms with Gasteiger partial charge in [0, 0.05) is 20.0 Å². The Labute approximate surface area is 107 Å². The summed E-state index contributed by atoms with van der Waals surface area (Å²) in [7, 11) is -3.22. The monoisotopic (exact) mass is 285 g/mol. The van der Waals surface area contributed by atoms with Gasteiger partial charge in [0.15, 0.2) is 9.84 Å². The summed E-state index contributed by atoms with van der Waals surface area (Å²) in [6.07, 6.45) is -0.188. The van der Waals surface area contributed by atoms with E-state index in [4.69, 9.17) is 4.74 Å². The molecule has 1 N–H and O–H groups in total. The Morgan fingerprint density at radius 1 is 1.39 bits per heavy atom. The van der Waals surface area contributed by atoms with Crippen molar-refractivity contribution in [3.8, 4) is 0 Å². The molecule has 0 aromatic rings. The van der Waals surface area contributed by atoms with Gasteiger partial charge in [0.25, 0.3) is 5.92 Å². The molecule has 0 bridgehead atoms. The third kappa shape index (κ3) is 4.44. The smallest absolute Gasteiger partial charge is 0.268 e. The number of alkyl halides is 2. The summed E-state index contributed by atoms with van der Waals surface area (Å²) < 4.78 is 54.4. The van der Waals surface area contributed by atoms with Crippen molar-refractivity contribution in [2.45, 2.75) is 49.7 Å². The number of piperidine rings is 1. The summed E-state index contributed by atoms with van der Waals surface area (Å²) in [4.78, 5) is 0. The summed E-state index contributed by atoms with van der Waals surface area (Å²) in [5.74, 6) is -2.89. The van der Waals surface area contributed by atoms with Crippen molar-refractivity contribution < 1.29 is 21.9 Å². The summed E-state index contributed by atoms with van der Waals surface area (Å²) in [5.41, 5.74) is 0. The molecule has 0 aromatic heterocycles. The topological polar surface area (TPSA) is 55.4 Å². The second-order valence-electron chi connectivity index (χ2n) is 5.16. The first-order valence-electron chi connectivity index (χ1n) is 6.06. The average Bonchev–Trinajstić information content (AvgIpc) is 2.25. The minimum absolute atomic E-state index is 0.281. The van der Waals surface area contributed by atoms with Crippen LogP contribution in [0.2, 0.25) is 0 Å². The Balaban J connectivity index is 2.57. The Hall–Kier alpha value is -0.270. The maximum Gasteiger partial charge on any atom is 0.268 e. The van der Waals surface area contributed by atoms with Crippen LogP contribution in [0.15, 0.2) is 0 Å². The summed E-state index contributed by atoms with van der Waals surface area (Å²) >= 11 is 0. The van der Waals surface area contributed by atoms with Gasteiger partial charge in [0.1, 0.15) is 6.61 Å². The van der Waals surface area contributed by atoms with E-state index in [-0.39, 0.29) is 6.42 Å². The van der Waals surface area contributed by atoms with Crippen LogP contribution >= 0.6 is 0 Å². The molecule has 4 nitrogen and oxygen atoms in total. The first-order chi connectivity index (χ1) is 8.13. The molecule has 1 aliphatic heterocycles. The van der Waals surface area contributed by atoms with Gasteiger partial charge in [-0.3, -0.25) is 0 Å². The van der Waals surface area contributed by atoms with Crippen molar-refractivity contribution in [1.29, 1.82) is 0 Å². The van der Waals surface area contributed by atoms with Gasteiger partial charge in [-0.25, -0.2) is 17.2 Å². The number of hydrogen-bond acceptors (Lipinski definition) is 4. The van der Waals surface area contributed by atoms with Gasteiger partial charge in [0.2, 0.25) is 0 Å². The van der Waals surface area contributed by atoms with Gasteiger partial charge in [-0.2, -0.15) is 0 Å². The molecular weight excluding hydrogens is 264 g/mol. The molecule has 0 aliphatic carbocycles. The van der Waals surface area contributed by atoms with Crippen molar-refractivity contribution in [2.75, 3.05) is 19.7 Å². The van der Waals surface area contributed by atoms with E-state index >= 15 is 0 Å². The normalized spacial score (nSPS) is 26.6. The summed E-state index contributed by atoms with van der Waals surface area (Å²) in [6.45, 7) is 4.14. The van der Waals surface area contributed by atoms with Crippen LogP contribution in [-0.2, 0) is 14.6 Å². The molecule has 1 fully saturated rings. The second-order valence-corrected chi connectivity index (χ2v) is 7.94. The molecule has 1 saturated heterocycles. The van der Waals surface area contributed by atoms with Crippen LogP contribution in [0.25, 0.3) is 0 Å². The quantitative estimate of drug-likeness (QED) is 0.825. The van der Waals surface area contributed by atoms with Crippen LogP contribution in [0.1, 0.15) is 27.2 Å².